The van der Waals surface area contributed by atoms with Crippen LogP contribution in [0.3, 0.4) is 0 Å². The summed E-state index contributed by atoms with van der Waals surface area (Å²) in [7, 11) is 1.51. The molecule has 0 saturated heterocycles. The zero-order valence-corrected chi connectivity index (χ0v) is 9.52. The summed E-state index contributed by atoms with van der Waals surface area (Å²) < 4.78 is 4.85. The Morgan fingerprint density at radius 3 is 2.53 bits per heavy atom. The van der Waals surface area contributed by atoms with Crippen LogP contribution >= 0.6 is 0 Å². The van der Waals surface area contributed by atoms with Crippen LogP contribution in [0, 0.1) is 0 Å². The second kappa shape index (κ2) is 6.40. The van der Waals surface area contributed by atoms with Crippen molar-refractivity contribution in [2.75, 3.05) is 20.3 Å². The van der Waals surface area contributed by atoms with Crippen molar-refractivity contribution in [1.29, 1.82) is 0 Å². The van der Waals surface area contributed by atoms with Gasteiger partial charge in [-0.05, 0) is 13.3 Å². The maximum Gasteiger partial charge on any atom is 0.329 e. The number of hydrogen-bond acceptors (Lipinski definition) is 3. The molecule has 88 valence electrons. The second-order valence-electron chi connectivity index (χ2n) is 3.62. The van der Waals surface area contributed by atoms with Gasteiger partial charge >= 0.3 is 5.97 Å². The fourth-order valence-electron chi connectivity index (χ4n) is 1.33. The molecule has 1 N–H and O–H groups in total. The normalized spacial score (nSPS) is 14.3. The Labute approximate surface area is 90.0 Å². The van der Waals surface area contributed by atoms with Gasteiger partial charge < -0.3 is 14.7 Å². The molecule has 0 heterocycles. The fourth-order valence-corrected chi connectivity index (χ4v) is 1.33. The topological polar surface area (TPSA) is 66.8 Å². The molecule has 1 atom stereocenters. The first kappa shape index (κ1) is 13.9. The third-order valence-electron chi connectivity index (χ3n) is 2.48. The minimum absolute atomic E-state index is 0.289. The molecule has 0 aromatic heterocycles. The molecule has 15 heavy (non-hydrogen) atoms. The Kier molecular flexibility index (Phi) is 5.93. The van der Waals surface area contributed by atoms with E-state index >= 15 is 0 Å². The van der Waals surface area contributed by atoms with Gasteiger partial charge in [-0.25, -0.2) is 4.79 Å². The molecule has 0 bridgehead atoms. The predicted molar refractivity (Wildman–Crippen MR) is 55.6 cm³/mol. The molecule has 1 unspecified atom stereocenters. The third-order valence-corrected chi connectivity index (χ3v) is 2.48. The van der Waals surface area contributed by atoms with Crippen LogP contribution in [-0.2, 0) is 14.3 Å². The lowest BCUT2D eigenvalue weighted by Gasteiger charge is -2.34. The van der Waals surface area contributed by atoms with E-state index in [4.69, 9.17) is 9.84 Å². The lowest BCUT2D eigenvalue weighted by molar-refractivity contribution is -0.155. The van der Waals surface area contributed by atoms with E-state index in [9.17, 15) is 9.59 Å². The van der Waals surface area contributed by atoms with E-state index in [0.29, 0.717) is 19.6 Å². The Bertz CT molecular complexity index is 219. The van der Waals surface area contributed by atoms with E-state index in [1.807, 2.05) is 6.92 Å². The Hall–Kier alpha value is -1.10. The highest BCUT2D eigenvalue weighted by molar-refractivity contribution is 5.80. The van der Waals surface area contributed by atoms with Gasteiger partial charge in [0.25, 0.3) is 0 Å². The first-order valence-electron chi connectivity index (χ1n) is 4.97. The number of carboxylic acid groups (broad SMARTS) is 1. The highest BCUT2D eigenvalue weighted by atomic mass is 16.5. The number of rotatable bonds is 8. The fraction of sp³-hybridized carbons (Fsp3) is 0.800. The number of aliphatic carboxylic acids is 1. The van der Waals surface area contributed by atoms with Crippen LogP contribution in [0.2, 0.25) is 0 Å². The van der Waals surface area contributed by atoms with Crippen molar-refractivity contribution < 1.29 is 19.4 Å². The molecule has 5 nitrogen and oxygen atoms in total. The molecule has 0 aliphatic carbocycles. The van der Waals surface area contributed by atoms with E-state index in [-0.39, 0.29) is 6.42 Å². The summed E-state index contributed by atoms with van der Waals surface area (Å²) in [6.45, 7) is 4.19. The van der Waals surface area contributed by atoms with Crippen molar-refractivity contribution in [3.63, 3.8) is 0 Å². The third kappa shape index (κ3) is 3.51. The van der Waals surface area contributed by atoms with E-state index in [1.54, 1.807) is 6.92 Å². The predicted octanol–water partition coefficient (Wildman–Crippen LogP) is 0.735. The summed E-state index contributed by atoms with van der Waals surface area (Å²) in [5, 5.41) is 9.13. The molecule has 0 saturated carbocycles. The van der Waals surface area contributed by atoms with Crippen LogP contribution in [0.25, 0.3) is 0 Å². The summed E-state index contributed by atoms with van der Waals surface area (Å²) in [5.41, 5.74) is -1.17. The Morgan fingerprint density at radius 2 is 2.20 bits per heavy atom. The molecule has 0 rings (SSSR count). The number of carbonyl (C=O) groups is 2. The maximum atomic E-state index is 11.1. The number of carbonyl (C=O) groups excluding carboxylic acids is 1. The van der Waals surface area contributed by atoms with Gasteiger partial charge in [0.15, 0.2) is 0 Å². The average molecular weight is 217 g/mol. The molecular weight excluding hydrogens is 198 g/mol. The first-order chi connectivity index (χ1) is 7.02. The number of nitrogens with zero attached hydrogens (tertiary/aromatic N) is 1. The van der Waals surface area contributed by atoms with Crippen LogP contribution < -0.4 is 0 Å². The van der Waals surface area contributed by atoms with Crippen molar-refractivity contribution in [2.45, 2.75) is 32.2 Å². The van der Waals surface area contributed by atoms with Gasteiger partial charge in [0, 0.05) is 26.7 Å². The summed E-state index contributed by atoms with van der Waals surface area (Å²) in [6, 6.07) is 0. The highest BCUT2D eigenvalue weighted by Crippen LogP contribution is 2.19. The van der Waals surface area contributed by atoms with Crippen molar-refractivity contribution >= 4 is 12.4 Å². The van der Waals surface area contributed by atoms with Crippen LogP contribution in [0.1, 0.15) is 26.7 Å². The monoisotopic (exact) mass is 217 g/mol. The van der Waals surface area contributed by atoms with Gasteiger partial charge in [-0.2, -0.15) is 0 Å². The summed E-state index contributed by atoms with van der Waals surface area (Å²) in [4.78, 5) is 23.3. The van der Waals surface area contributed by atoms with Crippen LogP contribution in [0.15, 0.2) is 0 Å². The summed E-state index contributed by atoms with van der Waals surface area (Å²) >= 11 is 0. The minimum Gasteiger partial charge on any atom is -0.480 e. The molecule has 5 heteroatoms. The molecule has 0 aromatic rings. The van der Waals surface area contributed by atoms with Crippen molar-refractivity contribution in [1.82, 2.24) is 4.90 Å². The van der Waals surface area contributed by atoms with Crippen molar-refractivity contribution in [3.8, 4) is 0 Å². The molecule has 0 fully saturated rings. The van der Waals surface area contributed by atoms with Crippen LogP contribution in [0.5, 0.6) is 0 Å². The van der Waals surface area contributed by atoms with Gasteiger partial charge in [0.2, 0.25) is 6.41 Å². The number of hydrogen-bond donors (Lipinski definition) is 1. The van der Waals surface area contributed by atoms with E-state index in [1.165, 1.54) is 12.0 Å². The van der Waals surface area contributed by atoms with E-state index in [2.05, 4.69) is 0 Å². The lowest BCUT2D eigenvalue weighted by atomic mass is 9.96. The highest BCUT2D eigenvalue weighted by Gasteiger charge is 2.38. The second-order valence-corrected chi connectivity index (χ2v) is 3.62. The zero-order valence-electron chi connectivity index (χ0n) is 9.52. The quantitative estimate of drug-likeness (QED) is 0.609. The molecule has 0 aromatic carbocycles. The molecule has 1 amide bonds. The maximum absolute atomic E-state index is 11.1. The molecule has 0 radical (unpaired) electrons. The number of carboxylic acids is 1. The average Bonchev–Trinajstić information content (AvgIpc) is 2.22. The van der Waals surface area contributed by atoms with Gasteiger partial charge in [0.1, 0.15) is 5.54 Å². The van der Waals surface area contributed by atoms with Crippen LogP contribution in [-0.4, -0.2) is 48.2 Å². The SMILES string of the molecule is CCCN(C=O)C(C)(CCOC)C(=O)O. The van der Waals surface area contributed by atoms with Gasteiger partial charge in [-0.15, -0.1) is 0 Å². The van der Waals surface area contributed by atoms with Crippen molar-refractivity contribution in [2.24, 2.45) is 0 Å². The number of amides is 1. The van der Waals surface area contributed by atoms with Gasteiger partial charge in [-0.1, -0.05) is 6.92 Å². The summed E-state index contributed by atoms with van der Waals surface area (Å²) in [5.74, 6) is -1.000. The van der Waals surface area contributed by atoms with E-state index in [0.717, 1.165) is 6.42 Å². The minimum atomic E-state index is -1.17. The van der Waals surface area contributed by atoms with Gasteiger partial charge in [-0.3, -0.25) is 4.79 Å². The Balaban J connectivity index is 4.72. The lowest BCUT2D eigenvalue weighted by Crippen LogP contribution is -2.52. The Morgan fingerprint density at radius 1 is 1.60 bits per heavy atom. The molecular formula is C10H19NO4. The number of ether oxygens (including phenoxy) is 1. The zero-order chi connectivity index (χ0) is 11.9. The summed E-state index contributed by atoms with van der Waals surface area (Å²) in [6.07, 6.45) is 1.61. The molecule has 0 aliphatic heterocycles. The number of methoxy groups -OCH3 is 1. The largest absolute Gasteiger partial charge is 0.480 e. The standard InChI is InChI=1S/C10H19NO4/c1-4-6-11(8-12)10(2,9(13)14)5-7-15-3/h8H,4-7H2,1-3H3,(H,13,14). The van der Waals surface area contributed by atoms with E-state index < -0.39 is 11.5 Å². The van der Waals surface area contributed by atoms with Gasteiger partial charge in [0.05, 0.1) is 0 Å². The first-order valence-corrected chi connectivity index (χ1v) is 4.97. The molecule has 0 spiro atoms. The van der Waals surface area contributed by atoms with Crippen LogP contribution in [0.4, 0.5) is 0 Å². The molecule has 0 aliphatic rings. The van der Waals surface area contributed by atoms with Crippen molar-refractivity contribution in [3.05, 3.63) is 0 Å². The smallest absolute Gasteiger partial charge is 0.329 e.